The molecular formula is C16H30N6O2. The first-order valence-electron chi connectivity index (χ1n) is 8.73. The Labute approximate surface area is 144 Å². The molecule has 1 aromatic heterocycles. The molecule has 0 aliphatic carbocycles. The summed E-state index contributed by atoms with van der Waals surface area (Å²) in [6, 6.07) is 0.449. The fraction of sp³-hybridized carbons (Fsp3) is 0.812. The molecule has 2 N–H and O–H groups in total. The van der Waals surface area contributed by atoms with Crippen molar-refractivity contribution in [3.8, 4) is 0 Å². The van der Waals surface area contributed by atoms with Gasteiger partial charge in [-0.25, -0.2) is 4.99 Å². The number of nitrogens with one attached hydrogen (secondary N) is 2. The second-order valence-corrected chi connectivity index (χ2v) is 6.27. The summed E-state index contributed by atoms with van der Waals surface area (Å²) in [4.78, 5) is 11.2. The van der Waals surface area contributed by atoms with Crippen molar-refractivity contribution in [3.63, 3.8) is 0 Å². The third-order valence-corrected chi connectivity index (χ3v) is 4.06. The Hall–Kier alpha value is -1.67. The Kier molecular flexibility index (Phi) is 7.45. The Morgan fingerprint density at radius 1 is 1.29 bits per heavy atom. The largest absolute Gasteiger partial charge is 0.379 e. The minimum Gasteiger partial charge on any atom is -0.379 e. The highest BCUT2D eigenvalue weighted by atomic mass is 16.5. The fourth-order valence-electron chi connectivity index (χ4n) is 2.79. The van der Waals surface area contributed by atoms with Crippen LogP contribution in [0.15, 0.2) is 9.52 Å². The predicted octanol–water partition coefficient (Wildman–Crippen LogP) is 0.790. The average molecular weight is 338 g/mol. The van der Waals surface area contributed by atoms with Gasteiger partial charge in [-0.15, -0.1) is 0 Å². The van der Waals surface area contributed by atoms with Crippen LogP contribution < -0.4 is 10.6 Å². The van der Waals surface area contributed by atoms with Crippen LogP contribution in [0, 0.1) is 12.8 Å². The Bertz CT molecular complexity index is 510. The van der Waals surface area contributed by atoms with E-state index in [0.29, 0.717) is 30.2 Å². The molecule has 2 rings (SSSR count). The lowest BCUT2D eigenvalue weighted by Crippen LogP contribution is -2.52. The number of nitrogens with zero attached hydrogens (tertiary/aromatic N) is 4. The molecule has 1 atom stereocenters. The van der Waals surface area contributed by atoms with E-state index in [1.54, 1.807) is 6.92 Å². The van der Waals surface area contributed by atoms with Crippen LogP contribution >= 0.6 is 0 Å². The number of hydrogen-bond acceptors (Lipinski definition) is 6. The van der Waals surface area contributed by atoms with Crippen LogP contribution in [0.1, 0.15) is 32.5 Å². The quantitative estimate of drug-likeness (QED) is 0.561. The molecule has 0 amide bonds. The molecule has 136 valence electrons. The van der Waals surface area contributed by atoms with Crippen LogP contribution in [0.5, 0.6) is 0 Å². The van der Waals surface area contributed by atoms with E-state index in [1.165, 1.54) is 0 Å². The molecule has 0 aromatic carbocycles. The number of aromatic nitrogens is 2. The van der Waals surface area contributed by atoms with Gasteiger partial charge < -0.3 is 19.9 Å². The zero-order chi connectivity index (χ0) is 17.4. The summed E-state index contributed by atoms with van der Waals surface area (Å²) in [6.07, 6.45) is 0. The molecule has 1 aliphatic rings. The lowest BCUT2D eigenvalue weighted by atomic mass is 10.0. The molecule has 1 aliphatic heterocycles. The van der Waals surface area contributed by atoms with Gasteiger partial charge in [0.1, 0.15) is 6.54 Å². The molecule has 1 fully saturated rings. The molecule has 1 saturated heterocycles. The maximum absolute atomic E-state index is 5.46. The second kappa shape index (κ2) is 9.58. The van der Waals surface area contributed by atoms with E-state index in [1.807, 2.05) is 0 Å². The van der Waals surface area contributed by atoms with E-state index in [2.05, 4.69) is 51.4 Å². The van der Waals surface area contributed by atoms with Crippen molar-refractivity contribution in [1.82, 2.24) is 25.7 Å². The molecule has 0 spiro atoms. The maximum Gasteiger partial charge on any atom is 0.223 e. The zero-order valence-corrected chi connectivity index (χ0v) is 15.2. The molecule has 2 heterocycles. The van der Waals surface area contributed by atoms with Crippen LogP contribution in [0.4, 0.5) is 0 Å². The van der Waals surface area contributed by atoms with Gasteiger partial charge in [-0.3, -0.25) is 4.90 Å². The van der Waals surface area contributed by atoms with Crippen molar-refractivity contribution in [2.75, 3.05) is 39.4 Å². The van der Waals surface area contributed by atoms with Gasteiger partial charge in [0.05, 0.1) is 13.2 Å². The first-order chi connectivity index (χ1) is 11.6. The van der Waals surface area contributed by atoms with Crippen LogP contribution in [0.2, 0.25) is 0 Å². The standard InChI is InChI=1S/C16H30N6O2/c1-5-17-16(19-11-15-20-13(4)24-21-15)18-10-14(12(2)3)22-6-8-23-9-7-22/h12,14H,5-11H2,1-4H3,(H2,17,18,19). The Balaban J connectivity index is 1.92. The van der Waals surface area contributed by atoms with Gasteiger partial charge in [0.15, 0.2) is 11.8 Å². The van der Waals surface area contributed by atoms with Gasteiger partial charge in [-0.1, -0.05) is 19.0 Å². The van der Waals surface area contributed by atoms with E-state index in [-0.39, 0.29) is 0 Å². The number of morpholine rings is 1. The van der Waals surface area contributed by atoms with E-state index < -0.39 is 0 Å². The highest BCUT2D eigenvalue weighted by molar-refractivity contribution is 5.79. The molecule has 8 heteroatoms. The maximum atomic E-state index is 5.46. The van der Waals surface area contributed by atoms with Crippen molar-refractivity contribution in [2.24, 2.45) is 10.9 Å². The third kappa shape index (κ3) is 5.76. The number of ether oxygens (including phenoxy) is 1. The van der Waals surface area contributed by atoms with Crippen molar-refractivity contribution < 1.29 is 9.26 Å². The zero-order valence-electron chi connectivity index (χ0n) is 15.2. The van der Waals surface area contributed by atoms with Gasteiger partial charge in [0.25, 0.3) is 0 Å². The molecule has 0 saturated carbocycles. The van der Waals surface area contributed by atoms with Crippen LogP contribution in [-0.4, -0.2) is 66.4 Å². The summed E-state index contributed by atoms with van der Waals surface area (Å²) in [5.74, 6) is 2.49. The monoisotopic (exact) mass is 338 g/mol. The van der Waals surface area contributed by atoms with E-state index in [4.69, 9.17) is 9.26 Å². The number of aryl methyl sites for hydroxylation is 1. The normalized spacial score (nSPS) is 18.0. The average Bonchev–Trinajstić information content (AvgIpc) is 2.99. The molecule has 0 bridgehead atoms. The van der Waals surface area contributed by atoms with Crippen molar-refractivity contribution in [3.05, 3.63) is 11.7 Å². The number of hydrogen-bond donors (Lipinski definition) is 2. The lowest BCUT2D eigenvalue weighted by molar-refractivity contribution is 0.00752. The number of aliphatic imine (C=N–C) groups is 1. The SMILES string of the molecule is CCNC(=NCc1noc(C)n1)NCC(C(C)C)N1CCOCC1. The molecular weight excluding hydrogens is 308 g/mol. The summed E-state index contributed by atoms with van der Waals surface area (Å²) < 4.78 is 10.4. The van der Waals surface area contributed by atoms with E-state index in [9.17, 15) is 0 Å². The summed E-state index contributed by atoms with van der Waals surface area (Å²) in [5, 5.41) is 10.6. The van der Waals surface area contributed by atoms with Gasteiger partial charge >= 0.3 is 0 Å². The number of rotatable bonds is 7. The van der Waals surface area contributed by atoms with Crippen LogP contribution in [0.3, 0.4) is 0 Å². The van der Waals surface area contributed by atoms with Gasteiger partial charge in [-0.2, -0.15) is 4.98 Å². The van der Waals surface area contributed by atoms with Crippen molar-refractivity contribution in [2.45, 2.75) is 40.3 Å². The third-order valence-electron chi connectivity index (χ3n) is 4.06. The van der Waals surface area contributed by atoms with E-state index in [0.717, 1.165) is 45.4 Å². The smallest absolute Gasteiger partial charge is 0.223 e. The molecule has 8 nitrogen and oxygen atoms in total. The van der Waals surface area contributed by atoms with Gasteiger partial charge in [0.2, 0.25) is 5.89 Å². The van der Waals surface area contributed by atoms with Crippen molar-refractivity contribution in [1.29, 1.82) is 0 Å². The summed E-state index contributed by atoms with van der Waals surface area (Å²) in [6.45, 7) is 14.0. The minimum absolute atomic E-state index is 0.399. The Morgan fingerprint density at radius 2 is 2.04 bits per heavy atom. The minimum atomic E-state index is 0.399. The fourth-order valence-corrected chi connectivity index (χ4v) is 2.79. The van der Waals surface area contributed by atoms with Gasteiger partial charge in [-0.05, 0) is 12.8 Å². The van der Waals surface area contributed by atoms with Gasteiger partial charge in [0, 0.05) is 39.1 Å². The molecule has 1 unspecified atom stereocenters. The topological polar surface area (TPSA) is 87.8 Å². The first-order valence-corrected chi connectivity index (χ1v) is 8.73. The van der Waals surface area contributed by atoms with Crippen LogP contribution in [-0.2, 0) is 11.3 Å². The summed E-state index contributed by atoms with van der Waals surface area (Å²) >= 11 is 0. The highest BCUT2D eigenvalue weighted by Crippen LogP contribution is 2.12. The lowest BCUT2D eigenvalue weighted by Gasteiger charge is -2.37. The summed E-state index contributed by atoms with van der Waals surface area (Å²) in [5.41, 5.74) is 0. The molecule has 24 heavy (non-hydrogen) atoms. The highest BCUT2D eigenvalue weighted by Gasteiger charge is 2.23. The second-order valence-electron chi connectivity index (χ2n) is 6.27. The van der Waals surface area contributed by atoms with E-state index >= 15 is 0 Å². The first kappa shape index (κ1) is 18.7. The summed E-state index contributed by atoms with van der Waals surface area (Å²) in [7, 11) is 0. The Morgan fingerprint density at radius 3 is 2.62 bits per heavy atom. The molecule has 1 aromatic rings. The number of guanidine groups is 1. The van der Waals surface area contributed by atoms with Crippen molar-refractivity contribution >= 4 is 5.96 Å². The van der Waals surface area contributed by atoms with Crippen LogP contribution in [0.25, 0.3) is 0 Å². The predicted molar refractivity (Wildman–Crippen MR) is 92.9 cm³/mol. The molecule has 0 radical (unpaired) electrons.